The molecule has 23 heavy (non-hydrogen) atoms. The van der Waals surface area contributed by atoms with Gasteiger partial charge in [0.2, 0.25) is 0 Å². The summed E-state index contributed by atoms with van der Waals surface area (Å²) in [6.45, 7) is 7.09. The fraction of sp³-hybridized carbons (Fsp3) is 0.529. The lowest BCUT2D eigenvalue weighted by Gasteiger charge is -2.16. The Morgan fingerprint density at radius 1 is 1.30 bits per heavy atom. The van der Waals surface area contributed by atoms with E-state index in [1.807, 2.05) is 25.1 Å². The van der Waals surface area contributed by atoms with Gasteiger partial charge < -0.3 is 20.1 Å². The van der Waals surface area contributed by atoms with Crippen LogP contribution in [0.15, 0.2) is 22.7 Å². The maximum atomic E-state index is 11.8. The Morgan fingerprint density at radius 2 is 2.13 bits per heavy atom. The van der Waals surface area contributed by atoms with Crippen LogP contribution >= 0.6 is 0 Å². The SMILES string of the molecule is CCCCN(C)CCNC(=O)NCc1noc2ccc(C)cc12. The molecule has 0 aliphatic heterocycles. The van der Waals surface area contributed by atoms with Gasteiger partial charge in [0.05, 0.1) is 6.54 Å². The van der Waals surface area contributed by atoms with Crippen molar-refractivity contribution in [3.05, 3.63) is 29.5 Å². The number of hydrogen-bond donors (Lipinski definition) is 2. The highest BCUT2D eigenvalue weighted by atomic mass is 16.5. The predicted molar refractivity (Wildman–Crippen MR) is 91.4 cm³/mol. The van der Waals surface area contributed by atoms with E-state index in [0.717, 1.165) is 35.3 Å². The molecule has 2 aromatic rings. The average Bonchev–Trinajstić information content (AvgIpc) is 2.93. The zero-order chi connectivity index (χ0) is 16.7. The van der Waals surface area contributed by atoms with Gasteiger partial charge in [0.25, 0.3) is 0 Å². The molecule has 1 heterocycles. The van der Waals surface area contributed by atoms with Gasteiger partial charge >= 0.3 is 6.03 Å². The van der Waals surface area contributed by atoms with Crippen LogP contribution in [0.2, 0.25) is 0 Å². The zero-order valence-corrected chi connectivity index (χ0v) is 14.2. The third kappa shape index (κ3) is 5.25. The summed E-state index contributed by atoms with van der Waals surface area (Å²) in [5.41, 5.74) is 2.63. The first-order valence-electron chi connectivity index (χ1n) is 8.15. The number of carbonyl (C=O) groups excluding carboxylic acids is 1. The topological polar surface area (TPSA) is 70.4 Å². The first-order chi connectivity index (χ1) is 11.1. The highest BCUT2D eigenvalue weighted by Crippen LogP contribution is 2.19. The number of urea groups is 1. The van der Waals surface area contributed by atoms with Crippen molar-refractivity contribution < 1.29 is 9.32 Å². The highest BCUT2D eigenvalue weighted by Gasteiger charge is 2.09. The summed E-state index contributed by atoms with van der Waals surface area (Å²) < 4.78 is 5.26. The summed E-state index contributed by atoms with van der Waals surface area (Å²) in [7, 11) is 2.07. The molecular weight excluding hydrogens is 292 g/mol. The van der Waals surface area contributed by atoms with E-state index >= 15 is 0 Å². The van der Waals surface area contributed by atoms with Crippen LogP contribution in [0.1, 0.15) is 31.0 Å². The van der Waals surface area contributed by atoms with Crippen LogP contribution < -0.4 is 10.6 Å². The normalized spacial score (nSPS) is 11.1. The molecule has 0 unspecified atom stereocenters. The van der Waals surface area contributed by atoms with Crippen molar-refractivity contribution in [3.63, 3.8) is 0 Å². The van der Waals surface area contributed by atoms with E-state index in [1.165, 1.54) is 12.8 Å². The van der Waals surface area contributed by atoms with Gasteiger partial charge in [0, 0.05) is 18.5 Å². The van der Waals surface area contributed by atoms with Gasteiger partial charge in [-0.25, -0.2) is 4.79 Å². The fourth-order valence-corrected chi connectivity index (χ4v) is 2.36. The molecule has 2 amide bonds. The number of hydrogen-bond acceptors (Lipinski definition) is 4. The number of aromatic nitrogens is 1. The van der Waals surface area contributed by atoms with Gasteiger partial charge in [-0.1, -0.05) is 30.1 Å². The second-order valence-electron chi connectivity index (χ2n) is 5.90. The first kappa shape index (κ1) is 17.3. The highest BCUT2D eigenvalue weighted by molar-refractivity contribution is 5.81. The summed E-state index contributed by atoms with van der Waals surface area (Å²) in [4.78, 5) is 14.1. The van der Waals surface area contributed by atoms with E-state index in [2.05, 4.69) is 34.7 Å². The molecule has 0 fully saturated rings. The lowest BCUT2D eigenvalue weighted by atomic mass is 10.1. The molecular formula is C17H26N4O2. The monoisotopic (exact) mass is 318 g/mol. The third-order valence-corrected chi connectivity index (χ3v) is 3.79. The van der Waals surface area contributed by atoms with Crippen LogP contribution in [-0.2, 0) is 6.54 Å². The van der Waals surface area contributed by atoms with Crippen molar-refractivity contribution in [2.24, 2.45) is 0 Å². The maximum Gasteiger partial charge on any atom is 0.315 e. The van der Waals surface area contributed by atoms with Crippen LogP contribution in [0.25, 0.3) is 11.0 Å². The van der Waals surface area contributed by atoms with Gasteiger partial charge in [-0.3, -0.25) is 0 Å². The Balaban J connectivity index is 1.74. The molecule has 6 nitrogen and oxygen atoms in total. The summed E-state index contributed by atoms with van der Waals surface area (Å²) in [6.07, 6.45) is 2.37. The van der Waals surface area contributed by atoms with Crippen LogP contribution in [0.4, 0.5) is 4.79 Å². The molecule has 0 spiro atoms. The van der Waals surface area contributed by atoms with E-state index in [0.29, 0.717) is 13.1 Å². The van der Waals surface area contributed by atoms with Gasteiger partial charge in [0.1, 0.15) is 5.69 Å². The fourth-order valence-electron chi connectivity index (χ4n) is 2.36. The molecule has 2 N–H and O–H groups in total. The number of fused-ring (bicyclic) bond motifs is 1. The summed E-state index contributed by atoms with van der Waals surface area (Å²) in [5, 5.41) is 10.7. The van der Waals surface area contributed by atoms with Crippen LogP contribution in [-0.4, -0.2) is 42.8 Å². The quantitative estimate of drug-likeness (QED) is 0.785. The van der Waals surface area contributed by atoms with Gasteiger partial charge in [-0.05, 0) is 39.1 Å². The van der Waals surface area contributed by atoms with E-state index < -0.39 is 0 Å². The van der Waals surface area contributed by atoms with E-state index in [9.17, 15) is 4.79 Å². The van der Waals surface area contributed by atoms with Crippen molar-refractivity contribution in [1.82, 2.24) is 20.7 Å². The molecule has 2 rings (SSSR count). The molecule has 0 bridgehead atoms. The average molecular weight is 318 g/mol. The third-order valence-electron chi connectivity index (χ3n) is 3.79. The van der Waals surface area contributed by atoms with E-state index in [1.54, 1.807) is 0 Å². The van der Waals surface area contributed by atoms with Crippen molar-refractivity contribution in [3.8, 4) is 0 Å². The Morgan fingerprint density at radius 3 is 2.91 bits per heavy atom. The first-order valence-corrected chi connectivity index (χ1v) is 8.15. The molecule has 0 radical (unpaired) electrons. The Bertz CT molecular complexity index is 639. The minimum Gasteiger partial charge on any atom is -0.356 e. The van der Waals surface area contributed by atoms with Crippen molar-refractivity contribution in [2.45, 2.75) is 33.2 Å². The molecule has 1 aromatic carbocycles. The summed E-state index contributed by atoms with van der Waals surface area (Å²) in [5.74, 6) is 0. The Kier molecular flexibility index (Phi) is 6.40. The molecule has 1 aromatic heterocycles. The van der Waals surface area contributed by atoms with E-state index in [-0.39, 0.29) is 6.03 Å². The van der Waals surface area contributed by atoms with E-state index in [4.69, 9.17) is 4.52 Å². The number of rotatable bonds is 8. The molecule has 6 heteroatoms. The number of unbranched alkanes of at least 4 members (excludes halogenated alkanes) is 1. The molecule has 0 saturated heterocycles. The minimum atomic E-state index is -0.183. The summed E-state index contributed by atoms with van der Waals surface area (Å²) >= 11 is 0. The number of benzene rings is 1. The number of nitrogens with one attached hydrogen (secondary N) is 2. The number of likely N-dealkylation sites (N-methyl/N-ethyl adjacent to an activating group) is 1. The number of aryl methyl sites for hydroxylation is 1. The lowest BCUT2D eigenvalue weighted by molar-refractivity contribution is 0.237. The molecule has 126 valence electrons. The second kappa shape index (κ2) is 8.53. The molecule has 0 aliphatic rings. The molecule has 0 saturated carbocycles. The van der Waals surface area contributed by atoms with Gasteiger partial charge in [-0.15, -0.1) is 0 Å². The lowest BCUT2D eigenvalue weighted by Crippen LogP contribution is -2.39. The zero-order valence-electron chi connectivity index (χ0n) is 14.2. The number of carbonyl (C=O) groups is 1. The van der Waals surface area contributed by atoms with Crippen LogP contribution in [0.3, 0.4) is 0 Å². The largest absolute Gasteiger partial charge is 0.356 e. The van der Waals surface area contributed by atoms with Crippen LogP contribution in [0, 0.1) is 6.92 Å². The maximum absolute atomic E-state index is 11.8. The molecule has 0 aliphatic carbocycles. The van der Waals surface area contributed by atoms with Gasteiger partial charge in [-0.2, -0.15) is 0 Å². The number of nitrogens with zero attached hydrogens (tertiary/aromatic N) is 2. The predicted octanol–water partition coefficient (Wildman–Crippen LogP) is 2.67. The smallest absolute Gasteiger partial charge is 0.315 e. The Hall–Kier alpha value is -2.08. The minimum absolute atomic E-state index is 0.183. The van der Waals surface area contributed by atoms with Crippen molar-refractivity contribution in [2.75, 3.05) is 26.7 Å². The van der Waals surface area contributed by atoms with Gasteiger partial charge in [0.15, 0.2) is 5.58 Å². The Labute approximate surface area is 137 Å². The summed E-state index contributed by atoms with van der Waals surface area (Å²) in [6, 6.07) is 5.71. The van der Waals surface area contributed by atoms with Crippen molar-refractivity contribution in [1.29, 1.82) is 0 Å². The second-order valence-corrected chi connectivity index (χ2v) is 5.90. The standard InChI is InChI=1S/C17H26N4O2/c1-4-5-9-21(3)10-8-18-17(22)19-12-15-14-11-13(2)6-7-16(14)23-20-15/h6-7,11H,4-5,8-10,12H2,1-3H3,(H2,18,19,22). The molecule has 0 atom stereocenters. The number of amides is 2. The van der Waals surface area contributed by atoms with Crippen molar-refractivity contribution >= 4 is 17.0 Å². The van der Waals surface area contributed by atoms with Crippen LogP contribution in [0.5, 0.6) is 0 Å².